The molecule has 0 saturated heterocycles. The van der Waals surface area contributed by atoms with Crippen LogP contribution in [0.2, 0.25) is 0 Å². The molecule has 0 bridgehead atoms. The van der Waals surface area contributed by atoms with E-state index in [0.717, 1.165) is 0 Å². The minimum atomic E-state index is -2.75. The van der Waals surface area contributed by atoms with E-state index in [9.17, 15) is 9.36 Å². The highest BCUT2D eigenvalue weighted by Gasteiger charge is 2.32. The summed E-state index contributed by atoms with van der Waals surface area (Å²) in [6, 6.07) is 0. The molecule has 0 unspecified atom stereocenters. The number of hydrogen-bond acceptors (Lipinski definition) is 3. The van der Waals surface area contributed by atoms with Crippen molar-refractivity contribution in [2.75, 3.05) is 12.8 Å². The van der Waals surface area contributed by atoms with E-state index in [0.29, 0.717) is 12.8 Å². The largest absolute Gasteiger partial charge is 0.344 e. The van der Waals surface area contributed by atoms with Gasteiger partial charge in [-0.15, -0.1) is 0 Å². The lowest BCUT2D eigenvalue weighted by molar-refractivity contribution is -0.128. The summed E-state index contributed by atoms with van der Waals surface area (Å²) < 4.78 is 17.6. The molecule has 0 aliphatic rings. The number of carbonyl (C=O) groups excluding carboxylic acids is 1. The first-order chi connectivity index (χ1) is 7.17. The van der Waals surface area contributed by atoms with Gasteiger partial charge in [0, 0.05) is 11.6 Å². The van der Waals surface area contributed by atoms with Crippen molar-refractivity contribution < 1.29 is 13.9 Å². The fraction of sp³-hybridized carbons (Fsp3) is 0.909. The molecule has 96 valence electrons. The minimum Gasteiger partial charge on any atom is -0.344 e. The summed E-state index contributed by atoms with van der Waals surface area (Å²) in [4.78, 5) is 11.8. The van der Waals surface area contributed by atoms with Gasteiger partial charge < -0.3 is 9.84 Å². The number of carbonyl (C=O) groups is 1. The van der Waals surface area contributed by atoms with Gasteiger partial charge in [-0.2, -0.15) is 0 Å². The van der Waals surface area contributed by atoms with E-state index < -0.39 is 18.6 Å². The van der Waals surface area contributed by atoms with Gasteiger partial charge in [0.15, 0.2) is 0 Å². The number of nitrogens with one attached hydrogen (secondary N) is 1. The maximum atomic E-state index is 12.3. The fourth-order valence-electron chi connectivity index (χ4n) is 1.20. The van der Waals surface area contributed by atoms with E-state index in [1.807, 2.05) is 27.7 Å². The average Bonchev–Trinajstić information content (AvgIpc) is 2.16. The second-order valence-corrected chi connectivity index (χ2v) is 7.98. The van der Waals surface area contributed by atoms with Crippen molar-refractivity contribution >= 4 is 13.3 Å². The van der Waals surface area contributed by atoms with Gasteiger partial charge in [0.05, 0.1) is 6.61 Å². The second-order valence-electron chi connectivity index (χ2n) is 4.86. The highest BCUT2D eigenvalue weighted by molar-refractivity contribution is 7.59. The lowest BCUT2D eigenvalue weighted by atomic mass is 9.96. The summed E-state index contributed by atoms with van der Waals surface area (Å²) in [6.45, 7) is 11.2. The SMILES string of the molecule is CCO[P@@](=O)(CC)[C@@H](C)NC(=O)C(C)(C)C. The molecule has 0 aromatic rings. The van der Waals surface area contributed by atoms with Crippen LogP contribution in [0.15, 0.2) is 0 Å². The zero-order valence-electron chi connectivity index (χ0n) is 11.2. The van der Waals surface area contributed by atoms with Gasteiger partial charge in [-0.1, -0.05) is 27.7 Å². The van der Waals surface area contributed by atoms with Crippen LogP contribution in [0.3, 0.4) is 0 Å². The van der Waals surface area contributed by atoms with Gasteiger partial charge in [-0.25, -0.2) is 0 Å². The Morgan fingerprint density at radius 1 is 1.38 bits per heavy atom. The van der Waals surface area contributed by atoms with Crippen LogP contribution in [0, 0.1) is 5.41 Å². The molecule has 0 aliphatic carbocycles. The monoisotopic (exact) mass is 249 g/mol. The summed E-state index contributed by atoms with van der Waals surface area (Å²) in [7, 11) is -2.75. The number of rotatable bonds is 5. The molecule has 16 heavy (non-hydrogen) atoms. The number of hydrogen-bond donors (Lipinski definition) is 1. The van der Waals surface area contributed by atoms with Crippen LogP contribution in [-0.4, -0.2) is 24.5 Å². The third-order valence-electron chi connectivity index (χ3n) is 2.40. The molecule has 0 aliphatic heterocycles. The predicted molar refractivity (Wildman–Crippen MR) is 66.8 cm³/mol. The zero-order valence-corrected chi connectivity index (χ0v) is 12.1. The van der Waals surface area contributed by atoms with Crippen LogP contribution in [0.25, 0.3) is 0 Å². The molecule has 0 heterocycles. The van der Waals surface area contributed by atoms with Gasteiger partial charge in [0.1, 0.15) is 5.78 Å². The highest BCUT2D eigenvalue weighted by Crippen LogP contribution is 2.50. The Balaban J connectivity index is 4.62. The van der Waals surface area contributed by atoms with Gasteiger partial charge in [-0.05, 0) is 13.8 Å². The van der Waals surface area contributed by atoms with Crippen molar-refractivity contribution in [1.82, 2.24) is 5.32 Å². The van der Waals surface area contributed by atoms with E-state index in [2.05, 4.69) is 5.32 Å². The summed E-state index contributed by atoms with van der Waals surface area (Å²) in [5.74, 6) is -0.530. The maximum Gasteiger partial charge on any atom is 0.226 e. The van der Waals surface area contributed by atoms with Crippen LogP contribution in [-0.2, 0) is 13.9 Å². The highest BCUT2D eigenvalue weighted by atomic mass is 31.2. The van der Waals surface area contributed by atoms with Crippen molar-refractivity contribution in [2.24, 2.45) is 5.41 Å². The first-order valence-corrected chi connectivity index (χ1v) is 7.59. The molecule has 0 fully saturated rings. The van der Waals surface area contributed by atoms with Crippen molar-refractivity contribution in [3.8, 4) is 0 Å². The Kier molecular flexibility index (Phi) is 5.71. The minimum absolute atomic E-state index is 0.103. The van der Waals surface area contributed by atoms with Crippen molar-refractivity contribution in [3.63, 3.8) is 0 Å². The Bertz CT molecular complexity index is 283. The van der Waals surface area contributed by atoms with E-state index in [1.165, 1.54) is 0 Å². The van der Waals surface area contributed by atoms with Gasteiger partial charge in [-0.3, -0.25) is 9.36 Å². The third kappa shape index (κ3) is 4.26. The standard InChI is InChI=1S/C11H24NO3P/c1-7-15-16(14,8-2)9(3)12-10(13)11(4,5)6/h9H,7-8H2,1-6H3,(H,12,13)/t9-,16-/m0/s1. The van der Waals surface area contributed by atoms with Crippen LogP contribution in [0.5, 0.6) is 0 Å². The Morgan fingerprint density at radius 2 is 1.88 bits per heavy atom. The van der Waals surface area contributed by atoms with Crippen LogP contribution in [0.1, 0.15) is 41.5 Å². The van der Waals surface area contributed by atoms with Crippen LogP contribution >= 0.6 is 7.37 Å². The van der Waals surface area contributed by atoms with Gasteiger partial charge >= 0.3 is 0 Å². The zero-order chi connectivity index (χ0) is 13.0. The lowest BCUT2D eigenvalue weighted by Gasteiger charge is -2.27. The molecule has 0 saturated carbocycles. The molecule has 1 amide bonds. The van der Waals surface area contributed by atoms with E-state index in [1.54, 1.807) is 13.8 Å². The quantitative estimate of drug-likeness (QED) is 0.762. The summed E-state index contributed by atoms with van der Waals surface area (Å²) in [6.07, 6.45) is 0.437. The van der Waals surface area contributed by atoms with E-state index >= 15 is 0 Å². The Morgan fingerprint density at radius 3 is 2.19 bits per heavy atom. The number of amides is 1. The van der Waals surface area contributed by atoms with Crippen molar-refractivity contribution in [2.45, 2.75) is 47.3 Å². The third-order valence-corrected chi connectivity index (χ3v) is 5.29. The molecule has 0 rings (SSSR count). The van der Waals surface area contributed by atoms with Crippen molar-refractivity contribution in [1.29, 1.82) is 0 Å². The molecular weight excluding hydrogens is 225 g/mol. The first-order valence-electron chi connectivity index (χ1n) is 5.71. The normalized spacial score (nSPS) is 17.6. The Hall–Kier alpha value is -0.340. The topological polar surface area (TPSA) is 55.4 Å². The molecule has 1 N–H and O–H groups in total. The lowest BCUT2D eigenvalue weighted by Crippen LogP contribution is -2.40. The summed E-state index contributed by atoms with van der Waals surface area (Å²) in [5.41, 5.74) is -0.473. The van der Waals surface area contributed by atoms with Gasteiger partial charge in [0.2, 0.25) is 13.3 Å². The van der Waals surface area contributed by atoms with Crippen molar-refractivity contribution in [3.05, 3.63) is 0 Å². The molecular formula is C11H24NO3P. The summed E-state index contributed by atoms with van der Waals surface area (Å²) in [5, 5.41) is 2.77. The molecule has 4 nitrogen and oxygen atoms in total. The molecule has 0 spiro atoms. The maximum absolute atomic E-state index is 12.3. The molecule has 0 aromatic heterocycles. The first kappa shape index (κ1) is 15.7. The second kappa shape index (κ2) is 5.83. The van der Waals surface area contributed by atoms with E-state index in [4.69, 9.17) is 4.52 Å². The average molecular weight is 249 g/mol. The molecule has 5 heteroatoms. The van der Waals surface area contributed by atoms with E-state index in [-0.39, 0.29) is 5.91 Å². The predicted octanol–water partition coefficient (Wildman–Crippen LogP) is 2.83. The van der Waals surface area contributed by atoms with Crippen LogP contribution in [0.4, 0.5) is 0 Å². The summed E-state index contributed by atoms with van der Waals surface area (Å²) >= 11 is 0. The van der Waals surface area contributed by atoms with Crippen LogP contribution < -0.4 is 5.32 Å². The fourth-order valence-corrected chi connectivity index (χ4v) is 2.90. The smallest absolute Gasteiger partial charge is 0.226 e. The van der Waals surface area contributed by atoms with Gasteiger partial charge in [0.25, 0.3) is 0 Å². The Labute approximate surface area is 98.6 Å². The molecule has 0 radical (unpaired) electrons. The molecule has 2 atom stereocenters. The molecule has 0 aromatic carbocycles.